The van der Waals surface area contributed by atoms with E-state index in [4.69, 9.17) is 0 Å². The van der Waals surface area contributed by atoms with Crippen molar-refractivity contribution in [3.05, 3.63) is 21.4 Å². The first-order valence-electron chi connectivity index (χ1n) is 7.01. The first-order valence-corrected chi connectivity index (χ1v) is 9.65. The van der Waals surface area contributed by atoms with E-state index in [0.29, 0.717) is 6.42 Å². The minimum absolute atomic E-state index is 0.0524. The molecule has 3 rings (SSSR count). The number of aryl methyl sites for hydroxylation is 2. The van der Waals surface area contributed by atoms with Crippen LogP contribution in [0.2, 0.25) is 0 Å². The van der Waals surface area contributed by atoms with Gasteiger partial charge in [0.15, 0.2) is 9.84 Å². The largest absolute Gasteiger partial charge is 0.345 e. The number of fused-ring (bicyclic) bond motifs is 1. The van der Waals surface area contributed by atoms with Crippen LogP contribution in [0.3, 0.4) is 0 Å². The second-order valence-electron chi connectivity index (χ2n) is 6.12. The van der Waals surface area contributed by atoms with E-state index in [1.54, 1.807) is 11.3 Å². The number of rotatable bonds is 2. The van der Waals surface area contributed by atoms with Gasteiger partial charge in [0.1, 0.15) is 0 Å². The van der Waals surface area contributed by atoms with Crippen LogP contribution in [-0.2, 0) is 22.7 Å². The molecule has 6 heteroatoms. The van der Waals surface area contributed by atoms with Crippen molar-refractivity contribution >= 4 is 27.1 Å². The second-order valence-corrected chi connectivity index (χ2v) is 9.44. The monoisotopic (exact) mass is 313 g/mol. The minimum Gasteiger partial charge on any atom is -0.345 e. The zero-order chi connectivity index (χ0) is 14.4. The van der Waals surface area contributed by atoms with Crippen LogP contribution in [0.25, 0.3) is 0 Å². The zero-order valence-electron chi connectivity index (χ0n) is 11.6. The summed E-state index contributed by atoms with van der Waals surface area (Å²) in [5.41, 5.74) is 0.691. The van der Waals surface area contributed by atoms with E-state index in [-0.39, 0.29) is 17.4 Å². The van der Waals surface area contributed by atoms with Gasteiger partial charge in [0.2, 0.25) is 0 Å². The molecule has 110 valence electrons. The van der Waals surface area contributed by atoms with E-state index in [2.05, 4.69) is 5.32 Å². The Kier molecular flexibility index (Phi) is 3.41. The number of nitrogens with one attached hydrogen (secondary N) is 1. The average Bonchev–Trinajstić information content (AvgIpc) is 2.90. The van der Waals surface area contributed by atoms with Gasteiger partial charge in [-0.3, -0.25) is 4.79 Å². The molecule has 0 aromatic carbocycles. The third-order valence-electron chi connectivity index (χ3n) is 4.14. The zero-order valence-corrected chi connectivity index (χ0v) is 13.2. The number of carbonyl (C=O) groups is 1. The lowest BCUT2D eigenvalue weighted by Gasteiger charge is -2.23. The summed E-state index contributed by atoms with van der Waals surface area (Å²) in [4.78, 5) is 14.4. The molecule has 1 aliphatic heterocycles. The summed E-state index contributed by atoms with van der Waals surface area (Å²) in [5, 5.41) is 2.93. The van der Waals surface area contributed by atoms with Gasteiger partial charge in [-0.05, 0) is 50.7 Å². The Labute approximate surface area is 123 Å². The summed E-state index contributed by atoms with van der Waals surface area (Å²) in [6.45, 7) is 1.82. The van der Waals surface area contributed by atoms with Crippen LogP contribution < -0.4 is 5.32 Å². The summed E-state index contributed by atoms with van der Waals surface area (Å²) in [5.74, 6) is 0.102. The Morgan fingerprint density at radius 3 is 2.75 bits per heavy atom. The molecule has 0 saturated carbocycles. The van der Waals surface area contributed by atoms with Gasteiger partial charge in [-0.2, -0.15) is 0 Å². The highest BCUT2D eigenvalue weighted by atomic mass is 32.2. The number of thiophene rings is 1. The SMILES string of the molecule is C[C@@]1(NC(=O)c2cc3c(s2)CCCC3)CCS(=O)(=O)C1. The van der Waals surface area contributed by atoms with Gasteiger partial charge in [0, 0.05) is 4.88 Å². The molecule has 1 aromatic heterocycles. The summed E-state index contributed by atoms with van der Waals surface area (Å²) >= 11 is 1.56. The number of hydrogen-bond acceptors (Lipinski definition) is 4. The number of amides is 1. The lowest BCUT2D eigenvalue weighted by molar-refractivity contribution is 0.0919. The highest BCUT2D eigenvalue weighted by Gasteiger charge is 2.39. The standard InChI is InChI=1S/C14H19NO3S2/c1-14(6-7-20(17,18)9-14)15-13(16)12-8-10-4-2-3-5-11(10)19-12/h8H,2-7,9H2,1H3,(H,15,16)/t14-/m1/s1. The Morgan fingerprint density at radius 2 is 2.10 bits per heavy atom. The van der Waals surface area contributed by atoms with Crippen molar-refractivity contribution < 1.29 is 13.2 Å². The fourth-order valence-corrected chi connectivity index (χ4v) is 6.29. The second kappa shape index (κ2) is 4.84. The van der Waals surface area contributed by atoms with Gasteiger partial charge in [-0.25, -0.2) is 8.42 Å². The average molecular weight is 313 g/mol. The van der Waals surface area contributed by atoms with Gasteiger partial charge in [0.25, 0.3) is 5.91 Å². The molecule has 2 aliphatic rings. The minimum atomic E-state index is -3.00. The molecule has 1 aromatic rings. The predicted octanol–water partition coefficient (Wildman–Crippen LogP) is 1.93. The first kappa shape index (κ1) is 14.1. The molecular formula is C14H19NO3S2. The highest BCUT2D eigenvalue weighted by Crippen LogP contribution is 2.30. The van der Waals surface area contributed by atoms with Crippen LogP contribution in [0.1, 0.15) is 46.3 Å². The van der Waals surface area contributed by atoms with Gasteiger partial charge >= 0.3 is 0 Å². The Hall–Kier alpha value is -0.880. The quantitative estimate of drug-likeness (QED) is 0.907. The number of sulfone groups is 1. The molecule has 0 radical (unpaired) electrons. The molecule has 0 spiro atoms. The van der Waals surface area contributed by atoms with Crippen molar-refractivity contribution in [1.29, 1.82) is 0 Å². The third-order valence-corrected chi connectivity index (χ3v) is 7.28. The Balaban J connectivity index is 1.75. The van der Waals surface area contributed by atoms with E-state index >= 15 is 0 Å². The molecule has 1 N–H and O–H groups in total. The maximum atomic E-state index is 12.3. The van der Waals surface area contributed by atoms with Crippen LogP contribution in [0, 0.1) is 0 Å². The maximum Gasteiger partial charge on any atom is 0.261 e. The van der Waals surface area contributed by atoms with E-state index in [1.165, 1.54) is 23.3 Å². The topological polar surface area (TPSA) is 63.2 Å². The molecule has 4 nitrogen and oxygen atoms in total. The molecule has 1 amide bonds. The molecule has 1 atom stereocenters. The molecule has 2 heterocycles. The van der Waals surface area contributed by atoms with E-state index in [1.807, 2.05) is 13.0 Å². The maximum absolute atomic E-state index is 12.3. The van der Waals surface area contributed by atoms with Crippen molar-refractivity contribution in [2.75, 3.05) is 11.5 Å². The van der Waals surface area contributed by atoms with Crippen LogP contribution in [0.15, 0.2) is 6.07 Å². The Bertz CT molecular complexity index is 624. The van der Waals surface area contributed by atoms with E-state index in [0.717, 1.165) is 17.7 Å². The van der Waals surface area contributed by atoms with Gasteiger partial charge < -0.3 is 5.32 Å². The predicted molar refractivity (Wildman–Crippen MR) is 80.1 cm³/mol. The van der Waals surface area contributed by atoms with Crippen LogP contribution in [0.5, 0.6) is 0 Å². The van der Waals surface area contributed by atoms with Gasteiger partial charge in [0.05, 0.1) is 21.9 Å². The van der Waals surface area contributed by atoms with E-state index in [9.17, 15) is 13.2 Å². The van der Waals surface area contributed by atoms with Crippen molar-refractivity contribution in [1.82, 2.24) is 5.32 Å². The van der Waals surface area contributed by atoms with Crippen LogP contribution in [0.4, 0.5) is 0 Å². The fourth-order valence-electron chi connectivity index (χ4n) is 3.05. The lowest BCUT2D eigenvalue weighted by Crippen LogP contribution is -2.46. The molecule has 0 unspecified atom stereocenters. The first-order chi connectivity index (χ1) is 9.37. The van der Waals surface area contributed by atoms with Crippen molar-refractivity contribution in [3.8, 4) is 0 Å². The normalized spacial score (nSPS) is 28.1. The number of hydrogen-bond donors (Lipinski definition) is 1. The molecule has 1 saturated heterocycles. The summed E-state index contributed by atoms with van der Waals surface area (Å²) in [6.07, 6.45) is 5.03. The van der Waals surface area contributed by atoms with Gasteiger partial charge in [-0.15, -0.1) is 11.3 Å². The lowest BCUT2D eigenvalue weighted by atomic mass is 9.99. The third kappa shape index (κ3) is 2.76. The van der Waals surface area contributed by atoms with Crippen LogP contribution >= 0.6 is 11.3 Å². The van der Waals surface area contributed by atoms with E-state index < -0.39 is 15.4 Å². The van der Waals surface area contributed by atoms with Crippen LogP contribution in [-0.4, -0.2) is 31.4 Å². The molecule has 1 aliphatic carbocycles. The van der Waals surface area contributed by atoms with Crippen molar-refractivity contribution in [2.45, 2.75) is 44.6 Å². The fraction of sp³-hybridized carbons (Fsp3) is 0.643. The molecule has 0 bridgehead atoms. The Morgan fingerprint density at radius 1 is 1.35 bits per heavy atom. The highest BCUT2D eigenvalue weighted by molar-refractivity contribution is 7.91. The molecule has 20 heavy (non-hydrogen) atoms. The summed E-state index contributed by atoms with van der Waals surface area (Å²) < 4.78 is 23.1. The molecular weight excluding hydrogens is 294 g/mol. The summed E-state index contributed by atoms with van der Waals surface area (Å²) in [7, 11) is -3.00. The van der Waals surface area contributed by atoms with Crippen molar-refractivity contribution in [3.63, 3.8) is 0 Å². The smallest absolute Gasteiger partial charge is 0.261 e. The molecule has 1 fully saturated rings. The number of carbonyl (C=O) groups excluding carboxylic acids is 1. The van der Waals surface area contributed by atoms with Gasteiger partial charge in [-0.1, -0.05) is 0 Å². The summed E-state index contributed by atoms with van der Waals surface area (Å²) in [6, 6.07) is 1.99. The van der Waals surface area contributed by atoms with Crippen molar-refractivity contribution in [2.24, 2.45) is 0 Å².